The lowest BCUT2D eigenvalue weighted by molar-refractivity contribution is -0.121. The Bertz CT molecular complexity index is 1800. The third-order valence-electron chi connectivity index (χ3n) is 9.53. The Morgan fingerprint density at radius 1 is 0.841 bits per heavy atom. The van der Waals surface area contributed by atoms with Gasteiger partial charge in [-0.15, -0.1) is 0 Å². The first-order chi connectivity index (χ1) is 21.4. The van der Waals surface area contributed by atoms with Gasteiger partial charge in [0.15, 0.2) is 11.6 Å². The number of carbonyl (C=O) groups excluding carboxylic acids is 3. The number of halogens is 1. The van der Waals surface area contributed by atoms with E-state index in [1.807, 2.05) is 102 Å². The number of unbranched alkanes of at least 4 members (excludes halogenated alkanes) is 2. The van der Waals surface area contributed by atoms with Crippen LogP contribution in [0.15, 0.2) is 108 Å². The number of hydrogen-bond donors (Lipinski definition) is 1. The molecule has 7 rings (SSSR count). The van der Waals surface area contributed by atoms with Gasteiger partial charge in [-0.2, -0.15) is 0 Å². The van der Waals surface area contributed by atoms with Crippen LogP contribution < -0.4 is 10.2 Å². The second-order valence-electron chi connectivity index (χ2n) is 12.0. The monoisotopic (exact) mass is 644 g/mol. The molecule has 6 heteroatoms. The fourth-order valence-electron chi connectivity index (χ4n) is 7.50. The topological polar surface area (TPSA) is 66.5 Å². The highest BCUT2D eigenvalue weighted by molar-refractivity contribution is 9.10. The predicted molar refractivity (Wildman–Crippen MR) is 178 cm³/mol. The van der Waals surface area contributed by atoms with Crippen LogP contribution in [0.4, 0.5) is 11.4 Å². The number of rotatable bonds is 8. The summed E-state index contributed by atoms with van der Waals surface area (Å²) in [7, 11) is 0. The number of anilines is 2. The van der Waals surface area contributed by atoms with Gasteiger partial charge in [0, 0.05) is 27.0 Å². The minimum absolute atomic E-state index is 0.184. The van der Waals surface area contributed by atoms with E-state index < -0.39 is 23.4 Å². The molecular formula is C38H33BrN2O3. The molecule has 3 heterocycles. The number of para-hydroxylation sites is 2. The second-order valence-corrected chi connectivity index (χ2v) is 12.9. The fourth-order valence-corrected chi connectivity index (χ4v) is 7.76. The highest BCUT2D eigenvalue weighted by atomic mass is 79.9. The van der Waals surface area contributed by atoms with Gasteiger partial charge in [-0.1, -0.05) is 121 Å². The molecule has 4 aromatic rings. The molecule has 3 aliphatic rings. The summed E-state index contributed by atoms with van der Waals surface area (Å²) in [5.41, 5.74) is 4.10. The summed E-state index contributed by atoms with van der Waals surface area (Å²) in [6.45, 7) is 2.18. The van der Waals surface area contributed by atoms with E-state index in [0.29, 0.717) is 16.8 Å². The average molecular weight is 646 g/mol. The summed E-state index contributed by atoms with van der Waals surface area (Å²) in [4.78, 5) is 46.3. The van der Waals surface area contributed by atoms with Crippen LogP contribution in [0, 0.1) is 5.92 Å². The molecule has 220 valence electrons. The fraction of sp³-hybridized carbons (Fsp3) is 0.237. The van der Waals surface area contributed by atoms with E-state index in [0.717, 1.165) is 47.0 Å². The number of nitrogens with one attached hydrogen (secondary N) is 1. The minimum Gasteiger partial charge on any atom is -0.352 e. The zero-order valence-corrected chi connectivity index (χ0v) is 26.1. The van der Waals surface area contributed by atoms with Crippen LogP contribution in [0.2, 0.25) is 0 Å². The summed E-state index contributed by atoms with van der Waals surface area (Å²) < 4.78 is 0.858. The normalized spacial score (nSPS) is 22.8. The lowest BCUT2D eigenvalue weighted by Gasteiger charge is -2.37. The van der Waals surface area contributed by atoms with Gasteiger partial charge in [0.1, 0.15) is 11.5 Å². The SMILES string of the molecule is CCCCCc1ccc(C(=O)[C@H]2[C@H](C(=O)c3ccc(Br)cc3)N3c4ccccc4C=C[C@@H]3[C@]23C(=O)Nc2ccccc23)cc1. The van der Waals surface area contributed by atoms with Crippen molar-refractivity contribution in [2.45, 2.75) is 50.1 Å². The summed E-state index contributed by atoms with van der Waals surface area (Å²) in [6.07, 6.45) is 8.38. The van der Waals surface area contributed by atoms with Crippen molar-refractivity contribution in [3.63, 3.8) is 0 Å². The molecule has 4 aromatic carbocycles. The van der Waals surface area contributed by atoms with Crippen molar-refractivity contribution in [3.05, 3.63) is 135 Å². The van der Waals surface area contributed by atoms with E-state index in [1.54, 1.807) is 12.1 Å². The molecule has 3 aliphatic heterocycles. The van der Waals surface area contributed by atoms with Gasteiger partial charge in [-0.05, 0) is 53.8 Å². The zero-order chi connectivity index (χ0) is 30.4. The third kappa shape index (κ3) is 4.38. The molecule has 1 spiro atoms. The Kier molecular flexibility index (Phi) is 7.33. The van der Waals surface area contributed by atoms with Gasteiger partial charge in [-0.25, -0.2) is 0 Å². The van der Waals surface area contributed by atoms with Crippen molar-refractivity contribution < 1.29 is 14.4 Å². The first kappa shape index (κ1) is 28.5. The molecule has 0 unspecified atom stereocenters. The highest BCUT2D eigenvalue weighted by Gasteiger charge is 2.70. The number of aryl methyl sites for hydroxylation is 1. The van der Waals surface area contributed by atoms with Gasteiger partial charge in [0.05, 0.1) is 12.0 Å². The van der Waals surface area contributed by atoms with Crippen LogP contribution in [0.3, 0.4) is 0 Å². The van der Waals surface area contributed by atoms with Crippen LogP contribution in [0.1, 0.15) is 63.6 Å². The maximum Gasteiger partial charge on any atom is 0.238 e. The molecule has 1 amide bonds. The van der Waals surface area contributed by atoms with Crippen molar-refractivity contribution in [1.29, 1.82) is 0 Å². The van der Waals surface area contributed by atoms with E-state index in [2.05, 4.69) is 28.2 Å². The Morgan fingerprint density at radius 3 is 2.30 bits per heavy atom. The molecule has 4 atom stereocenters. The van der Waals surface area contributed by atoms with Crippen LogP contribution in [-0.4, -0.2) is 29.6 Å². The van der Waals surface area contributed by atoms with Crippen LogP contribution in [0.25, 0.3) is 6.08 Å². The summed E-state index contributed by atoms with van der Waals surface area (Å²) in [5, 5.41) is 3.10. The summed E-state index contributed by atoms with van der Waals surface area (Å²) in [5.74, 6) is -1.61. The van der Waals surface area contributed by atoms with Gasteiger partial charge in [0.2, 0.25) is 5.91 Å². The Morgan fingerprint density at radius 2 is 1.52 bits per heavy atom. The number of ketones is 2. The van der Waals surface area contributed by atoms with E-state index in [-0.39, 0.29) is 17.5 Å². The van der Waals surface area contributed by atoms with Crippen molar-refractivity contribution in [2.75, 3.05) is 10.2 Å². The lowest BCUT2D eigenvalue weighted by atomic mass is 9.64. The van der Waals surface area contributed by atoms with Crippen molar-refractivity contribution in [2.24, 2.45) is 5.92 Å². The molecular weight excluding hydrogens is 612 g/mol. The van der Waals surface area contributed by atoms with Gasteiger partial charge >= 0.3 is 0 Å². The van der Waals surface area contributed by atoms with E-state index in [4.69, 9.17) is 0 Å². The van der Waals surface area contributed by atoms with Gasteiger partial charge < -0.3 is 10.2 Å². The van der Waals surface area contributed by atoms with Crippen LogP contribution in [0.5, 0.6) is 0 Å². The summed E-state index contributed by atoms with van der Waals surface area (Å²) >= 11 is 3.48. The highest BCUT2D eigenvalue weighted by Crippen LogP contribution is 2.58. The number of hydrogen-bond acceptors (Lipinski definition) is 4. The van der Waals surface area contributed by atoms with E-state index >= 15 is 4.79 Å². The number of nitrogens with zero attached hydrogens (tertiary/aromatic N) is 1. The van der Waals surface area contributed by atoms with Gasteiger partial charge in [-0.3, -0.25) is 14.4 Å². The number of amides is 1. The molecule has 1 fully saturated rings. The molecule has 0 aromatic heterocycles. The molecule has 0 radical (unpaired) electrons. The second kappa shape index (κ2) is 11.3. The molecule has 0 aliphatic carbocycles. The van der Waals surface area contributed by atoms with Gasteiger partial charge in [0.25, 0.3) is 0 Å². The number of carbonyl (C=O) groups is 3. The number of Topliss-reactive ketones (excluding diaryl/α,β-unsaturated/α-hetero) is 2. The average Bonchev–Trinajstić information content (AvgIpc) is 3.53. The van der Waals surface area contributed by atoms with Crippen molar-refractivity contribution in [3.8, 4) is 0 Å². The number of fused-ring (bicyclic) bond motifs is 6. The third-order valence-corrected chi connectivity index (χ3v) is 10.1. The quantitative estimate of drug-likeness (QED) is 0.156. The van der Waals surface area contributed by atoms with Crippen molar-refractivity contribution in [1.82, 2.24) is 0 Å². The molecule has 1 N–H and O–H groups in total. The standard InChI is InChI=1S/C38H33BrN2O3/c1-2-3-4-9-24-14-16-26(17-15-24)35(42)33-34(36(43)27-18-21-28(39)22-19-27)41-31-13-8-5-10-25(31)20-23-32(41)38(33)29-11-6-7-12-30(29)40-37(38)44/h5-8,10-23,32-34H,2-4,9H2,1H3,(H,40,44)/t32-,33-,34-,38+/m1/s1. The zero-order valence-electron chi connectivity index (χ0n) is 24.5. The van der Waals surface area contributed by atoms with Crippen LogP contribution in [-0.2, 0) is 16.6 Å². The molecule has 44 heavy (non-hydrogen) atoms. The number of benzene rings is 4. The van der Waals surface area contributed by atoms with Crippen molar-refractivity contribution >= 4 is 50.9 Å². The Labute approximate surface area is 266 Å². The van der Waals surface area contributed by atoms with E-state index in [1.165, 1.54) is 5.56 Å². The Balaban J connectivity index is 1.44. The Hall–Kier alpha value is -4.29. The first-order valence-corrected chi connectivity index (χ1v) is 16.1. The molecule has 5 nitrogen and oxygen atoms in total. The minimum atomic E-state index is -1.31. The molecule has 1 saturated heterocycles. The van der Waals surface area contributed by atoms with E-state index in [9.17, 15) is 9.59 Å². The maximum atomic E-state index is 15.0. The lowest BCUT2D eigenvalue weighted by Crippen LogP contribution is -2.51. The first-order valence-electron chi connectivity index (χ1n) is 15.3. The predicted octanol–water partition coefficient (Wildman–Crippen LogP) is 8.04. The largest absolute Gasteiger partial charge is 0.352 e. The maximum absolute atomic E-state index is 15.0. The smallest absolute Gasteiger partial charge is 0.238 e. The van der Waals surface area contributed by atoms with Crippen LogP contribution >= 0.6 is 15.9 Å². The molecule has 0 saturated carbocycles. The molecule has 0 bridgehead atoms. The summed E-state index contributed by atoms with van der Waals surface area (Å²) in [6, 6.07) is 29.1.